The standard InChI is InChI=1S/C14H11F5N4O3/c15-13(16,14(17,18)19)8-3-4-20-9(7-8)10-21-26-12(25)23(10)11(24)22-5-1-2-6-22/h3-4,7H,1-2,5-6H2. The maximum atomic E-state index is 13.5. The molecule has 3 heterocycles. The molecule has 12 heteroatoms. The number of rotatable bonds is 2. The number of carbonyl (C=O) groups is 1. The molecule has 0 radical (unpaired) electrons. The van der Waals surface area contributed by atoms with Gasteiger partial charge in [0, 0.05) is 24.8 Å². The van der Waals surface area contributed by atoms with Crippen LogP contribution >= 0.6 is 0 Å². The molecular formula is C14H11F5N4O3. The van der Waals surface area contributed by atoms with Gasteiger partial charge in [0.2, 0.25) is 5.82 Å². The predicted molar refractivity (Wildman–Crippen MR) is 75.5 cm³/mol. The molecule has 0 aliphatic carbocycles. The van der Waals surface area contributed by atoms with Crippen LogP contribution in [0.25, 0.3) is 11.5 Å². The average molecular weight is 378 g/mol. The first-order valence-electron chi connectivity index (χ1n) is 7.42. The molecule has 1 fully saturated rings. The van der Waals surface area contributed by atoms with Crippen LogP contribution in [0.5, 0.6) is 0 Å². The first-order chi connectivity index (χ1) is 12.1. The average Bonchev–Trinajstić information content (AvgIpc) is 3.23. The number of pyridine rings is 1. The maximum Gasteiger partial charge on any atom is 0.458 e. The minimum Gasteiger partial charge on any atom is -0.324 e. The van der Waals surface area contributed by atoms with Crippen molar-refractivity contribution < 1.29 is 31.3 Å². The Morgan fingerprint density at radius 2 is 1.81 bits per heavy atom. The van der Waals surface area contributed by atoms with Gasteiger partial charge in [-0.15, -0.1) is 0 Å². The van der Waals surface area contributed by atoms with E-state index >= 15 is 0 Å². The zero-order chi connectivity index (χ0) is 19.1. The summed E-state index contributed by atoms with van der Waals surface area (Å²) >= 11 is 0. The van der Waals surface area contributed by atoms with Gasteiger partial charge in [-0.1, -0.05) is 5.16 Å². The molecule has 7 nitrogen and oxygen atoms in total. The van der Waals surface area contributed by atoms with Crippen LogP contribution < -0.4 is 5.76 Å². The SMILES string of the molecule is O=C(N1CCCC1)n1c(-c2cc(C(F)(F)C(F)(F)F)ccn2)noc1=O. The molecule has 140 valence electrons. The predicted octanol–water partition coefficient (Wildman–Crippen LogP) is 2.62. The Morgan fingerprint density at radius 1 is 1.15 bits per heavy atom. The fourth-order valence-electron chi connectivity index (χ4n) is 2.54. The van der Waals surface area contributed by atoms with Crippen molar-refractivity contribution in [3.63, 3.8) is 0 Å². The van der Waals surface area contributed by atoms with Gasteiger partial charge in [-0.25, -0.2) is 9.59 Å². The van der Waals surface area contributed by atoms with E-state index in [0.717, 1.165) is 0 Å². The van der Waals surface area contributed by atoms with E-state index < -0.39 is 41.0 Å². The lowest BCUT2D eigenvalue weighted by atomic mass is 10.1. The molecule has 3 rings (SSSR count). The fourth-order valence-corrected chi connectivity index (χ4v) is 2.54. The van der Waals surface area contributed by atoms with Crippen molar-refractivity contribution in [3.8, 4) is 11.5 Å². The van der Waals surface area contributed by atoms with E-state index in [-0.39, 0.29) is 0 Å². The molecular weight excluding hydrogens is 367 g/mol. The van der Waals surface area contributed by atoms with Crippen molar-refractivity contribution in [1.82, 2.24) is 19.6 Å². The van der Waals surface area contributed by atoms with Gasteiger partial charge >= 0.3 is 23.9 Å². The number of likely N-dealkylation sites (tertiary alicyclic amines) is 1. The highest BCUT2D eigenvalue weighted by molar-refractivity contribution is 5.80. The summed E-state index contributed by atoms with van der Waals surface area (Å²) in [4.78, 5) is 29.1. The molecule has 0 aromatic carbocycles. The molecule has 1 aliphatic heterocycles. The molecule has 0 atom stereocenters. The van der Waals surface area contributed by atoms with E-state index in [1.807, 2.05) is 0 Å². The van der Waals surface area contributed by atoms with E-state index in [1.54, 1.807) is 0 Å². The van der Waals surface area contributed by atoms with Gasteiger partial charge < -0.3 is 4.90 Å². The number of amides is 1. The summed E-state index contributed by atoms with van der Waals surface area (Å²) in [6.07, 6.45) is -3.69. The number of carbonyl (C=O) groups excluding carboxylic acids is 1. The van der Waals surface area contributed by atoms with Crippen LogP contribution in [-0.4, -0.2) is 44.9 Å². The van der Waals surface area contributed by atoms with Crippen molar-refractivity contribution in [2.75, 3.05) is 13.1 Å². The number of hydrogen-bond donors (Lipinski definition) is 0. The highest BCUT2D eigenvalue weighted by Gasteiger charge is 2.58. The van der Waals surface area contributed by atoms with Gasteiger partial charge in [0.1, 0.15) is 5.69 Å². The van der Waals surface area contributed by atoms with Crippen LogP contribution in [0.2, 0.25) is 0 Å². The Labute approximate surface area is 142 Å². The molecule has 26 heavy (non-hydrogen) atoms. The fraction of sp³-hybridized carbons (Fsp3) is 0.429. The summed E-state index contributed by atoms with van der Waals surface area (Å²) < 4.78 is 69.5. The van der Waals surface area contributed by atoms with E-state index in [0.29, 0.717) is 48.8 Å². The molecule has 2 aromatic rings. The van der Waals surface area contributed by atoms with Crippen molar-refractivity contribution in [2.45, 2.75) is 24.9 Å². The van der Waals surface area contributed by atoms with E-state index in [9.17, 15) is 31.5 Å². The zero-order valence-electron chi connectivity index (χ0n) is 13.0. The summed E-state index contributed by atoms with van der Waals surface area (Å²) in [6, 6.07) is 0.0962. The summed E-state index contributed by atoms with van der Waals surface area (Å²) in [7, 11) is 0. The minimum atomic E-state index is -5.82. The molecule has 0 saturated carbocycles. The van der Waals surface area contributed by atoms with Crippen LogP contribution in [0, 0.1) is 0 Å². The highest BCUT2D eigenvalue weighted by atomic mass is 19.4. The van der Waals surface area contributed by atoms with Gasteiger partial charge in [0.05, 0.1) is 0 Å². The van der Waals surface area contributed by atoms with Gasteiger partial charge in [-0.3, -0.25) is 9.51 Å². The molecule has 0 bridgehead atoms. The third kappa shape index (κ3) is 2.95. The molecule has 0 unspecified atom stereocenters. The highest BCUT2D eigenvalue weighted by Crippen LogP contribution is 2.44. The Balaban J connectivity index is 2.05. The lowest BCUT2D eigenvalue weighted by molar-refractivity contribution is -0.289. The molecule has 1 amide bonds. The van der Waals surface area contributed by atoms with Crippen LogP contribution in [-0.2, 0) is 5.92 Å². The Morgan fingerprint density at radius 3 is 2.42 bits per heavy atom. The lowest BCUT2D eigenvalue weighted by Crippen LogP contribution is -2.37. The molecule has 0 spiro atoms. The van der Waals surface area contributed by atoms with Gasteiger partial charge in [0.15, 0.2) is 0 Å². The van der Waals surface area contributed by atoms with Crippen molar-refractivity contribution in [2.24, 2.45) is 0 Å². The molecule has 1 aliphatic rings. The maximum absolute atomic E-state index is 13.5. The number of aromatic nitrogens is 3. The summed E-state index contributed by atoms with van der Waals surface area (Å²) in [5, 5.41) is 3.30. The minimum absolute atomic E-state index is 0.371. The second-order valence-electron chi connectivity index (χ2n) is 5.59. The number of hydrogen-bond acceptors (Lipinski definition) is 5. The third-order valence-corrected chi connectivity index (χ3v) is 3.88. The van der Waals surface area contributed by atoms with Crippen molar-refractivity contribution in [1.29, 1.82) is 0 Å². The topological polar surface area (TPSA) is 81.2 Å². The smallest absolute Gasteiger partial charge is 0.324 e. The summed E-state index contributed by atoms with van der Waals surface area (Å²) in [6.45, 7) is 0.741. The van der Waals surface area contributed by atoms with Crippen molar-refractivity contribution in [3.05, 3.63) is 34.4 Å². The van der Waals surface area contributed by atoms with E-state index in [1.165, 1.54) is 4.90 Å². The Bertz CT molecular complexity index is 883. The van der Waals surface area contributed by atoms with Crippen molar-refractivity contribution >= 4 is 6.03 Å². The van der Waals surface area contributed by atoms with Crippen LogP contribution in [0.15, 0.2) is 27.6 Å². The molecule has 2 aromatic heterocycles. The van der Waals surface area contributed by atoms with Gasteiger partial charge in [-0.05, 0) is 25.0 Å². The first kappa shape index (κ1) is 18.0. The second-order valence-corrected chi connectivity index (χ2v) is 5.59. The van der Waals surface area contributed by atoms with E-state index in [4.69, 9.17) is 0 Å². The Hall–Kier alpha value is -2.79. The lowest BCUT2D eigenvalue weighted by Gasteiger charge is -2.20. The van der Waals surface area contributed by atoms with Gasteiger partial charge in [0.25, 0.3) is 0 Å². The van der Waals surface area contributed by atoms with Crippen LogP contribution in [0.4, 0.5) is 26.7 Å². The monoisotopic (exact) mass is 378 g/mol. The third-order valence-electron chi connectivity index (χ3n) is 3.88. The van der Waals surface area contributed by atoms with Crippen LogP contribution in [0.1, 0.15) is 18.4 Å². The number of nitrogens with zero attached hydrogens (tertiary/aromatic N) is 4. The largest absolute Gasteiger partial charge is 0.458 e. The summed E-state index contributed by atoms with van der Waals surface area (Å²) in [5.74, 6) is -6.88. The number of alkyl halides is 5. The summed E-state index contributed by atoms with van der Waals surface area (Å²) in [5.41, 5.74) is -1.92. The van der Waals surface area contributed by atoms with E-state index in [2.05, 4.69) is 14.7 Å². The molecule has 1 saturated heterocycles. The first-order valence-corrected chi connectivity index (χ1v) is 7.42. The van der Waals surface area contributed by atoms with Crippen LogP contribution in [0.3, 0.4) is 0 Å². The normalized spacial score (nSPS) is 15.5. The zero-order valence-corrected chi connectivity index (χ0v) is 13.0. The number of halogens is 5. The van der Waals surface area contributed by atoms with Gasteiger partial charge in [-0.2, -0.15) is 26.5 Å². The second kappa shape index (κ2) is 6.18. The quantitative estimate of drug-likeness (QED) is 0.751. The Kier molecular flexibility index (Phi) is 4.28. The molecule has 0 N–H and O–H groups in total.